The van der Waals surface area contributed by atoms with Crippen molar-refractivity contribution in [1.82, 2.24) is 14.5 Å². The van der Waals surface area contributed by atoms with Crippen LogP contribution in [0.4, 0.5) is 5.69 Å². The normalized spacial score (nSPS) is 21.3. The van der Waals surface area contributed by atoms with Crippen LogP contribution in [0.15, 0.2) is 17.0 Å². The molecule has 0 bridgehead atoms. The van der Waals surface area contributed by atoms with Gasteiger partial charge in [0.25, 0.3) is 5.69 Å². The summed E-state index contributed by atoms with van der Waals surface area (Å²) in [5.74, 6) is -0.0207. The number of halogens is 1. The topological polar surface area (TPSA) is 113 Å². The van der Waals surface area contributed by atoms with Crippen molar-refractivity contribution >= 4 is 34.0 Å². The molecule has 0 aliphatic carbocycles. The molecule has 2 heterocycles. The first-order valence-corrected chi connectivity index (χ1v) is 10.4. The van der Waals surface area contributed by atoms with Gasteiger partial charge in [0.2, 0.25) is 15.9 Å². The highest BCUT2D eigenvalue weighted by molar-refractivity contribution is 7.89. The van der Waals surface area contributed by atoms with Crippen LogP contribution in [0.25, 0.3) is 0 Å². The van der Waals surface area contributed by atoms with Gasteiger partial charge < -0.3 is 10.2 Å². The van der Waals surface area contributed by atoms with Crippen LogP contribution >= 0.6 is 12.4 Å². The number of piperazine rings is 1. The number of nitrogens with zero attached hydrogens (tertiary/aromatic N) is 3. The van der Waals surface area contributed by atoms with E-state index in [1.165, 1.54) is 10.4 Å². The standard InChI is InChI=1S/C17H24N4O5S.ClH/c1-12-8-13(2)16(9-15(12)21(23)24)27(25,26)19-6-3-4-14(11-19)20-7-5-18-10-17(20)22;/h8-9,14,18H,3-7,10-11H2,1-2H3;1H. The molecule has 28 heavy (non-hydrogen) atoms. The van der Waals surface area contributed by atoms with Crippen LogP contribution < -0.4 is 5.32 Å². The molecule has 2 aliphatic heterocycles. The molecule has 0 saturated carbocycles. The van der Waals surface area contributed by atoms with E-state index in [1.54, 1.807) is 18.7 Å². The first-order valence-electron chi connectivity index (χ1n) is 8.98. The fourth-order valence-electron chi connectivity index (χ4n) is 3.84. The van der Waals surface area contributed by atoms with Crippen LogP contribution in [0.5, 0.6) is 0 Å². The number of amides is 1. The second-order valence-electron chi connectivity index (χ2n) is 7.08. The number of carbonyl (C=O) groups excluding carboxylic acids is 1. The van der Waals surface area contributed by atoms with E-state index in [0.717, 1.165) is 12.5 Å². The van der Waals surface area contributed by atoms with E-state index in [2.05, 4.69) is 5.32 Å². The Morgan fingerprint density at radius 3 is 2.57 bits per heavy atom. The summed E-state index contributed by atoms with van der Waals surface area (Å²) >= 11 is 0. The molecule has 3 rings (SSSR count). The van der Waals surface area contributed by atoms with Crippen molar-refractivity contribution in [2.45, 2.75) is 37.6 Å². The van der Waals surface area contributed by atoms with Gasteiger partial charge >= 0.3 is 0 Å². The Balaban J connectivity index is 0.00000280. The Labute approximate surface area is 170 Å². The van der Waals surface area contributed by atoms with Crippen molar-refractivity contribution in [1.29, 1.82) is 0 Å². The molecule has 2 fully saturated rings. The van der Waals surface area contributed by atoms with Crippen LogP contribution in [0, 0.1) is 24.0 Å². The second-order valence-corrected chi connectivity index (χ2v) is 8.99. The number of nitro benzene ring substituents is 1. The minimum Gasteiger partial charge on any atom is -0.336 e. The van der Waals surface area contributed by atoms with E-state index in [1.807, 2.05) is 0 Å². The Hall–Kier alpha value is -1.75. The number of benzene rings is 1. The number of carbonyl (C=O) groups is 1. The van der Waals surface area contributed by atoms with Crippen LogP contribution in [-0.4, -0.2) is 67.2 Å². The van der Waals surface area contributed by atoms with Gasteiger partial charge in [0, 0.05) is 43.9 Å². The lowest BCUT2D eigenvalue weighted by Crippen LogP contribution is -2.57. The van der Waals surface area contributed by atoms with Gasteiger partial charge in [-0.1, -0.05) is 0 Å². The molecule has 0 aromatic heterocycles. The number of nitrogens with one attached hydrogen (secondary N) is 1. The Bertz CT molecular complexity index is 877. The highest BCUT2D eigenvalue weighted by atomic mass is 35.5. The summed E-state index contributed by atoms with van der Waals surface area (Å²) in [5.41, 5.74) is 0.711. The fourth-order valence-corrected chi connectivity index (χ4v) is 5.58. The maximum absolute atomic E-state index is 13.2. The van der Waals surface area contributed by atoms with Crippen LogP contribution in [-0.2, 0) is 14.8 Å². The molecule has 1 N–H and O–H groups in total. The Kier molecular flexibility index (Phi) is 7.02. The molecule has 0 spiro atoms. The average Bonchev–Trinajstić information content (AvgIpc) is 2.61. The van der Waals surface area contributed by atoms with Crippen molar-refractivity contribution < 1.29 is 18.1 Å². The molecule has 11 heteroatoms. The quantitative estimate of drug-likeness (QED) is 0.565. The number of piperidine rings is 1. The molecule has 2 aliphatic rings. The molecule has 9 nitrogen and oxygen atoms in total. The molecule has 1 amide bonds. The van der Waals surface area contributed by atoms with E-state index in [4.69, 9.17) is 0 Å². The minimum absolute atomic E-state index is 0. The maximum Gasteiger partial charge on any atom is 0.273 e. The smallest absolute Gasteiger partial charge is 0.273 e. The zero-order valence-electron chi connectivity index (χ0n) is 15.9. The van der Waals surface area contributed by atoms with E-state index >= 15 is 0 Å². The second kappa shape index (κ2) is 8.73. The fraction of sp³-hybridized carbons (Fsp3) is 0.588. The van der Waals surface area contributed by atoms with Crippen molar-refractivity contribution in [3.8, 4) is 0 Å². The number of sulfonamides is 1. The summed E-state index contributed by atoms with van der Waals surface area (Å²) in [6.45, 7) is 5.33. The SMILES string of the molecule is Cc1cc(C)c(S(=O)(=O)N2CCCC(N3CCNCC3=O)C2)cc1[N+](=O)[O-].Cl. The molecule has 2 saturated heterocycles. The summed E-state index contributed by atoms with van der Waals surface area (Å²) in [6.07, 6.45) is 1.40. The predicted octanol–water partition coefficient (Wildman–Crippen LogP) is 1.22. The van der Waals surface area contributed by atoms with Gasteiger partial charge in [-0.3, -0.25) is 14.9 Å². The average molecular weight is 433 g/mol. The van der Waals surface area contributed by atoms with Crippen molar-refractivity contribution in [2.75, 3.05) is 32.7 Å². The highest BCUT2D eigenvalue weighted by Gasteiger charge is 2.36. The predicted molar refractivity (Wildman–Crippen MR) is 106 cm³/mol. The number of aryl methyl sites for hydroxylation is 2. The largest absolute Gasteiger partial charge is 0.336 e. The number of rotatable bonds is 4. The number of hydrogen-bond acceptors (Lipinski definition) is 6. The molecular formula is C17H25ClN4O5S. The maximum atomic E-state index is 13.2. The summed E-state index contributed by atoms with van der Waals surface area (Å²) in [5, 5.41) is 14.2. The first kappa shape index (κ1) is 22.5. The number of nitro groups is 1. The molecule has 1 atom stereocenters. The van der Waals surface area contributed by atoms with Gasteiger partial charge in [-0.2, -0.15) is 4.31 Å². The zero-order valence-corrected chi connectivity index (χ0v) is 17.5. The lowest BCUT2D eigenvalue weighted by atomic mass is 10.1. The Morgan fingerprint density at radius 2 is 1.93 bits per heavy atom. The van der Waals surface area contributed by atoms with Crippen molar-refractivity contribution in [2.24, 2.45) is 0 Å². The molecule has 156 valence electrons. The van der Waals surface area contributed by atoms with Gasteiger partial charge in [-0.05, 0) is 38.3 Å². The summed E-state index contributed by atoms with van der Waals surface area (Å²) in [4.78, 5) is 24.5. The lowest BCUT2D eigenvalue weighted by molar-refractivity contribution is -0.385. The van der Waals surface area contributed by atoms with Crippen LogP contribution in [0.1, 0.15) is 24.0 Å². The molecule has 1 unspecified atom stereocenters. The molecule has 1 aromatic carbocycles. The molecular weight excluding hydrogens is 408 g/mol. The number of hydrogen-bond donors (Lipinski definition) is 1. The minimum atomic E-state index is -3.88. The van der Waals surface area contributed by atoms with E-state index in [-0.39, 0.29) is 48.0 Å². The summed E-state index contributed by atoms with van der Waals surface area (Å²) in [7, 11) is -3.88. The van der Waals surface area contributed by atoms with Gasteiger partial charge in [-0.15, -0.1) is 12.4 Å². The van der Waals surface area contributed by atoms with Gasteiger partial charge in [0.1, 0.15) is 0 Å². The third-order valence-corrected chi connectivity index (χ3v) is 7.24. The zero-order chi connectivity index (χ0) is 19.8. The van der Waals surface area contributed by atoms with Gasteiger partial charge in [-0.25, -0.2) is 8.42 Å². The third-order valence-electron chi connectivity index (χ3n) is 5.23. The highest BCUT2D eigenvalue weighted by Crippen LogP contribution is 2.30. The van der Waals surface area contributed by atoms with E-state index in [0.29, 0.717) is 37.2 Å². The molecule has 1 aromatic rings. The Morgan fingerprint density at radius 1 is 1.21 bits per heavy atom. The van der Waals surface area contributed by atoms with Gasteiger partial charge in [0.05, 0.1) is 16.4 Å². The van der Waals surface area contributed by atoms with Crippen molar-refractivity contribution in [3.05, 3.63) is 33.4 Å². The van der Waals surface area contributed by atoms with E-state index in [9.17, 15) is 23.3 Å². The van der Waals surface area contributed by atoms with Crippen LogP contribution in [0.3, 0.4) is 0 Å². The molecule has 0 radical (unpaired) electrons. The lowest BCUT2D eigenvalue weighted by Gasteiger charge is -2.40. The monoisotopic (exact) mass is 432 g/mol. The van der Waals surface area contributed by atoms with Crippen molar-refractivity contribution in [3.63, 3.8) is 0 Å². The van der Waals surface area contributed by atoms with E-state index < -0.39 is 14.9 Å². The first-order chi connectivity index (χ1) is 12.7. The van der Waals surface area contributed by atoms with Gasteiger partial charge in [0.15, 0.2) is 0 Å². The summed E-state index contributed by atoms with van der Waals surface area (Å²) in [6, 6.07) is 2.52. The summed E-state index contributed by atoms with van der Waals surface area (Å²) < 4.78 is 27.7. The third kappa shape index (κ3) is 4.29. The van der Waals surface area contributed by atoms with Crippen LogP contribution in [0.2, 0.25) is 0 Å².